The van der Waals surface area contributed by atoms with E-state index < -0.39 is 16.9 Å². The lowest BCUT2D eigenvalue weighted by Gasteiger charge is -2.33. The number of hydrogen-bond donors (Lipinski definition) is 1. The molecule has 1 aliphatic carbocycles. The van der Waals surface area contributed by atoms with E-state index in [0.29, 0.717) is 11.6 Å². The number of amides is 1. The van der Waals surface area contributed by atoms with Crippen molar-refractivity contribution in [1.82, 2.24) is 0 Å². The Hall–Kier alpha value is -6.00. The number of fused-ring (bicyclic) bond motifs is 1. The molecule has 2 fully saturated rings. The van der Waals surface area contributed by atoms with Crippen LogP contribution in [0, 0.1) is 11.3 Å². The summed E-state index contributed by atoms with van der Waals surface area (Å²) < 4.78 is 7.26. The lowest BCUT2D eigenvalue weighted by atomic mass is 9.80. The lowest BCUT2D eigenvalue weighted by molar-refractivity contribution is -0.119. The van der Waals surface area contributed by atoms with Gasteiger partial charge < -0.3 is 10.1 Å². The van der Waals surface area contributed by atoms with E-state index >= 15 is 4.79 Å². The molecule has 2 unspecified atom stereocenters. The summed E-state index contributed by atoms with van der Waals surface area (Å²) in [4.78, 5) is 20.4. The second kappa shape index (κ2) is 11.7. The van der Waals surface area contributed by atoms with E-state index in [0.717, 1.165) is 39.1 Å². The topological polar surface area (TPSA) is 50.7 Å². The van der Waals surface area contributed by atoms with E-state index in [1.165, 1.54) is 0 Å². The van der Waals surface area contributed by atoms with Crippen LogP contribution in [0.1, 0.15) is 22.3 Å². The van der Waals surface area contributed by atoms with Gasteiger partial charge in [0.2, 0.25) is 11.8 Å². The van der Waals surface area contributed by atoms with Gasteiger partial charge in [0.15, 0.2) is 11.0 Å². The van der Waals surface area contributed by atoms with Crippen LogP contribution in [0.2, 0.25) is 0 Å². The van der Waals surface area contributed by atoms with Crippen molar-refractivity contribution < 1.29 is 9.53 Å². The Kier molecular flexibility index (Phi) is 7.11. The van der Waals surface area contributed by atoms with E-state index in [9.17, 15) is 0 Å². The summed E-state index contributed by atoms with van der Waals surface area (Å²) in [5.74, 6) is -0.188. The van der Waals surface area contributed by atoms with Gasteiger partial charge in [-0.1, -0.05) is 158 Å². The molecular weight excluding hydrogens is 576 g/mol. The van der Waals surface area contributed by atoms with Gasteiger partial charge in [-0.25, -0.2) is 4.99 Å². The van der Waals surface area contributed by atoms with Crippen molar-refractivity contribution in [3.63, 3.8) is 0 Å². The van der Waals surface area contributed by atoms with Crippen molar-refractivity contribution >= 4 is 28.8 Å². The van der Waals surface area contributed by atoms with Crippen LogP contribution in [-0.4, -0.2) is 11.8 Å². The Morgan fingerprint density at radius 3 is 1.47 bits per heavy atom. The predicted octanol–water partition coefficient (Wildman–Crippen LogP) is 9.45. The molecule has 0 spiro atoms. The number of carbonyl (C=O) groups is 1. The van der Waals surface area contributed by atoms with Crippen molar-refractivity contribution in [3.05, 3.63) is 210 Å². The van der Waals surface area contributed by atoms with Crippen molar-refractivity contribution in [2.75, 3.05) is 5.32 Å². The molecule has 6 aromatic carbocycles. The molecular formula is C43H32N2O2. The van der Waals surface area contributed by atoms with Crippen LogP contribution >= 0.6 is 0 Å². The summed E-state index contributed by atoms with van der Waals surface area (Å²) in [6.07, 6.45) is 0. The highest BCUT2D eigenvalue weighted by molar-refractivity contribution is 6.23. The number of nitrogens with one attached hydrogen (secondary N) is 1. The Morgan fingerprint density at radius 1 is 0.553 bits per heavy atom. The fourth-order valence-corrected chi connectivity index (χ4v) is 7.22. The first-order valence-corrected chi connectivity index (χ1v) is 15.9. The molecule has 1 aliphatic heterocycles. The van der Waals surface area contributed by atoms with Crippen molar-refractivity contribution in [1.29, 1.82) is 0 Å². The van der Waals surface area contributed by atoms with Crippen LogP contribution in [0.4, 0.5) is 11.4 Å². The minimum Gasteiger partial charge on any atom is -0.463 e. The number of hydrogen-bond acceptors (Lipinski definition) is 3. The fraction of sp³-hybridized carbons (Fsp3) is 0.0698. The van der Waals surface area contributed by atoms with Crippen LogP contribution in [0.15, 0.2) is 193 Å². The summed E-state index contributed by atoms with van der Waals surface area (Å²) in [6.45, 7) is 0. The van der Waals surface area contributed by atoms with Crippen LogP contribution in [0.3, 0.4) is 0 Å². The molecule has 8 rings (SSSR count). The van der Waals surface area contributed by atoms with Crippen LogP contribution in [-0.2, 0) is 15.1 Å². The third kappa shape index (κ3) is 4.69. The maximum absolute atomic E-state index is 15.2. The number of nitrogens with zero attached hydrogens (tertiary/aromatic N) is 1. The van der Waals surface area contributed by atoms with E-state index in [2.05, 4.69) is 53.8 Å². The SMILES string of the molecule is O=C(Nc1ccccc1)C12C(=Nc3ccccc3)OC(c3ccccc3)(c3ccccc3)C1C2=C(c1ccccc1)c1ccccc1. The number of para-hydroxylation sites is 2. The fourth-order valence-electron chi connectivity index (χ4n) is 7.22. The average molecular weight is 609 g/mol. The molecule has 1 saturated heterocycles. The molecule has 1 N–H and O–H groups in total. The Morgan fingerprint density at radius 2 is 0.979 bits per heavy atom. The standard InChI is InChI=1S/C43H32N2O2/c46-40(44-35-27-15-5-16-28-35)42-38(37(31-19-7-1-8-20-31)32-21-9-2-10-22-32)39(42)43(33-23-11-3-12-24-33,34-25-13-4-14-26-34)47-41(42)45-36-29-17-6-18-30-36/h1-30,39H,(H,44,46). The second-order valence-corrected chi connectivity index (χ2v) is 11.9. The summed E-state index contributed by atoms with van der Waals surface area (Å²) >= 11 is 0. The molecule has 0 aromatic heterocycles. The van der Waals surface area contributed by atoms with Gasteiger partial charge in [0.1, 0.15) is 0 Å². The summed E-state index contributed by atoms with van der Waals surface area (Å²) in [6, 6.07) is 60.6. The summed E-state index contributed by atoms with van der Waals surface area (Å²) in [5.41, 5.74) is 5.17. The maximum atomic E-state index is 15.2. The number of ether oxygens (including phenoxy) is 1. The van der Waals surface area contributed by atoms with E-state index in [4.69, 9.17) is 9.73 Å². The minimum atomic E-state index is -1.21. The number of rotatable bonds is 7. The molecule has 226 valence electrons. The van der Waals surface area contributed by atoms with Crippen molar-refractivity contribution in [2.45, 2.75) is 5.60 Å². The van der Waals surface area contributed by atoms with Gasteiger partial charge in [-0.3, -0.25) is 4.79 Å². The Bertz CT molecular complexity index is 2000. The van der Waals surface area contributed by atoms with Crippen molar-refractivity contribution in [2.24, 2.45) is 16.3 Å². The molecule has 0 radical (unpaired) electrons. The molecule has 2 atom stereocenters. The quantitative estimate of drug-likeness (QED) is 0.196. The molecule has 0 bridgehead atoms. The first-order valence-electron chi connectivity index (χ1n) is 15.9. The molecule has 1 amide bonds. The van der Waals surface area contributed by atoms with Crippen LogP contribution < -0.4 is 5.32 Å². The molecule has 1 saturated carbocycles. The molecule has 1 heterocycles. The highest BCUT2D eigenvalue weighted by Crippen LogP contribution is 2.76. The van der Waals surface area contributed by atoms with Gasteiger partial charge in [-0.2, -0.15) is 0 Å². The maximum Gasteiger partial charge on any atom is 0.245 e. The monoisotopic (exact) mass is 608 g/mol. The molecule has 4 heteroatoms. The van der Waals surface area contributed by atoms with Gasteiger partial charge >= 0.3 is 0 Å². The highest BCUT2D eigenvalue weighted by atomic mass is 16.5. The number of anilines is 1. The van der Waals surface area contributed by atoms with Gasteiger partial charge in [0.25, 0.3) is 0 Å². The van der Waals surface area contributed by atoms with E-state index in [-0.39, 0.29) is 5.91 Å². The van der Waals surface area contributed by atoms with E-state index in [1.54, 1.807) is 0 Å². The van der Waals surface area contributed by atoms with Crippen LogP contribution in [0.5, 0.6) is 0 Å². The normalized spacial score (nSPS) is 19.8. The number of carbonyl (C=O) groups excluding carboxylic acids is 1. The molecule has 6 aromatic rings. The molecule has 47 heavy (non-hydrogen) atoms. The zero-order chi connectivity index (χ0) is 31.7. The van der Waals surface area contributed by atoms with Crippen LogP contribution in [0.25, 0.3) is 5.57 Å². The first kappa shape index (κ1) is 28.5. The molecule has 2 aliphatic rings. The van der Waals surface area contributed by atoms with E-state index in [1.807, 2.05) is 133 Å². The average Bonchev–Trinajstić information content (AvgIpc) is 3.73. The molecule has 4 nitrogen and oxygen atoms in total. The number of aliphatic imine (C=N–C) groups is 1. The largest absolute Gasteiger partial charge is 0.463 e. The lowest BCUT2D eigenvalue weighted by Crippen LogP contribution is -2.33. The van der Waals surface area contributed by atoms with Gasteiger partial charge in [0, 0.05) is 16.8 Å². The number of benzene rings is 6. The van der Waals surface area contributed by atoms with Crippen molar-refractivity contribution in [3.8, 4) is 0 Å². The second-order valence-electron chi connectivity index (χ2n) is 11.9. The Balaban J connectivity index is 1.49. The summed E-state index contributed by atoms with van der Waals surface area (Å²) in [5, 5.41) is 3.28. The smallest absolute Gasteiger partial charge is 0.245 e. The predicted molar refractivity (Wildman–Crippen MR) is 188 cm³/mol. The van der Waals surface area contributed by atoms with Gasteiger partial charge in [-0.05, 0) is 46.5 Å². The zero-order valence-electron chi connectivity index (χ0n) is 25.7. The third-order valence-corrected chi connectivity index (χ3v) is 9.24. The first-order chi connectivity index (χ1) is 23.2. The zero-order valence-corrected chi connectivity index (χ0v) is 25.7. The third-order valence-electron chi connectivity index (χ3n) is 9.24. The highest BCUT2D eigenvalue weighted by Gasteiger charge is 2.83. The van der Waals surface area contributed by atoms with Gasteiger partial charge in [0.05, 0.1) is 11.6 Å². The minimum absolute atomic E-state index is 0.170. The van der Waals surface area contributed by atoms with Gasteiger partial charge in [-0.15, -0.1) is 0 Å². The summed E-state index contributed by atoms with van der Waals surface area (Å²) in [7, 11) is 0. The Labute approximate surface area is 274 Å².